The number of rotatable bonds is 3. The number of nitrogens with one attached hydrogen (secondary N) is 2. The van der Waals surface area contributed by atoms with Gasteiger partial charge in [-0.1, -0.05) is 0 Å². The molecule has 7 heteroatoms. The largest absolute Gasteiger partial charge is 0.494 e. The monoisotopic (exact) mass is 254 g/mol. The molecular formula is C11H14N2O5. The Kier molecular flexibility index (Phi) is 3.35. The Bertz CT molecular complexity index is 504. The number of amides is 1. The second-order valence-electron chi connectivity index (χ2n) is 4.33. The lowest BCUT2D eigenvalue weighted by Gasteiger charge is -2.20. The van der Waals surface area contributed by atoms with E-state index >= 15 is 0 Å². The molecule has 2 heterocycles. The molecule has 0 aromatic carbocycles. The van der Waals surface area contributed by atoms with Crippen LogP contribution >= 0.6 is 0 Å². The first-order chi connectivity index (χ1) is 8.48. The van der Waals surface area contributed by atoms with E-state index in [0.29, 0.717) is 13.0 Å². The highest BCUT2D eigenvalue weighted by Gasteiger charge is 2.32. The summed E-state index contributed by atoms with van der Waals surface area (Å²) in [5, 5.41) is 21.6. The van der Waals surface area contributed by atoms with Gasteiger partial charge in [0.2, 0.25) is 0 Å². The van der Waals surface area contributed by atoms with Gasteiger partial charge in [-0.05, 0) is 0 Å². The summed E-state index contributed by atoms with van der Waals surface area (Å²) in [6.45, 7) is 0.672. The molecule has 1 aliphatic rings. The van der Waals surface area contributed by atoms with Crippen molar-refractivity contribution in [3.63, 3.8) is 0 Å². The maximum absolute atomic E-state index is 11.7. The standard InChI is InChI=1S/C11H14N2O5/c14-8-3-7(4-9(15)13-8)10(16)12-5-11(17)1-2-18-6-11/h3-4,17H,1-2,5-6H2,(H,12,16)(H2,13,14,15). The molecule has 1 saturated heterocycles. The maximum Gasteiger partial charge on any atom is 0.251 e. The van der Waals surface area contributed by atoms with Crippen LogP contribution in [0.3, 0.4) is 0 Å². The van der Waals surface area contributed by atoms with Crippen LogP contribution in [0.4, 0.5) is 0 Å². The second kappa shape index (κ2) is 4.79. The number of hydrogen-bond donors (Lipinski definition) is 4. The van der Waals surface area contributed by atoms with E-state index in [1.54, 1.807) is 0 Å². The van der Waals surface area contributed by atoms with E-state index in [9.17, 15) is 14.7 Å². The lowest BCUT2D eigenvalue weighted by Crippen LogP contribution is -2.43. The highest BCUT2D eigenvalue weighted by atomic mass is 16.5. The molecule has 1 aliphatic heterocycles. The van der Waals surface area contributed by atoms with E-state index < -0.39 is 17.1 Å². The number of carbonyl (C=O) groups is 1. The molecule has 1 fully saturated rings. The summed E-state index contributed by atoms with van der Waals surface area (Å²) >= 11 is 0. The van der Waals surface area contributed by atoms with Gasteiger partial charge in [0.25, 0.3) is 11.5 Å². The SMILES string of the molecule is O=C(NCC1(O)CCOC1)c1cc(O)[nH]c(=O)c1. The van der Waals surface area contributed by atoms with Crippen molar-refractivity contribution in [2.75, 3.05) is 19.8 Å². The summed E-state index contributed by atoms with van der Waals surface area (Å²) in [4.78, 5) is 24.9. The molecule has 0 radical (unpaired) electrons. The summed E-state index contributed by atoms with van der Waals surface area (Å²) in [6.07, 6.45) is 0.452. The van der Waals surface area contributed by atoms with Crippen molar-refractivity contribution in [2.24, 2.45) is 0 Å². The van der Waals surface area contributed by atoms with Crippen molar-refractivity contribution in [1.82, 2.24) is 10.3 Å². The lowest BCUT2D eigenvalue weighted by atomic mass is 10.0. The van der Waals surface area contributed by atoms with Crippen LogP contribution in [0.2, 0.25) is 0 Å². The number of aromatic amines is 1. The Hall–Kier alpha value is -1.86. The third kappa shape index (κ3) is 2.88. The van der Waals surface area contributed by atoms with E-state index in [2.05, 4.69) is 10.3 Å². The van der Waals surface area contributed by atoms with E-state index in [4.69, 9.17) is 9.84 Å². The molecule has 0 bridgehead atoms. The molecule has 0 saturated carbocycles. The molecule has 2 rings (SSSR count). The zero-order valence-electron chi connectivity index (χ0n) is 9.60. The molecule has 0 aliphatic carbocycles. The first-order valence-electron chi connectivity index (χ1n) is 5.50. The minimum Gasteiger partial charge on any atom is -0.494 e. The first kappa shape index (κ1) is 12.6. The average Bonchev–Trinajstić information content (AvgIpc) is 2.72. The molecule has 1 amide bonds. The van der Waals surface area contributed by atoms with Crippen LogP contribution in [-0.4, -0.2) is 46.5 Å². The van der Waals surface area contributed by atoms with E-state index in [-0.39, 0.29) is 24.6 Å². The van der Waals surface area contributed by atoms with Crippen LogP contribution in [-0.2, 0) is 4.74 Å². The van der Waals surface area contributed by atoms with Crippen LogP contribution in [0.15, 0.2) is 16.9 Å². The minimum atomic E-state index is -1.06. The molecule has 1 aromatic heterocycles. The van der Waals surface area contributed by atoms with Gasteiger partial charge >= 0.3 is 0 Å². The third-order valence-electron chi connectivity index (χ3n) is 2.75. The normalized spacial score (nSPS) is 22.9. The zero-order chi connectivity index (χ0) is 13.2. The number of H-pyrrole nitrogens is 1. The molecule has 98 valence electrons. The highest BCUT2D eigenvalue weighted by molar-refractivity contribution is 5.94. The smallest absolute Gasteiger partial charge is 0.251 e. The van der Waals surface area contributed by atoms with E-state index in [1.807, 2.05) is 0 Å². The van der Waals surface area contributed by atoms with Crippen molar-refractivity contribution in [3.05, 3.63) is 28.0 Å². The summed E-state index contributed by atoms with van der Waals surface area (Å²) in [6, 6.07) is 2.22. The van der Waals surface area contributed by atoms with Crippen molar-refractivity contribution in [3.8, 4) is 5.88 Å². The number of ether oxygens (including phenoxy) is 1. The quantitative estimate of drug-likeness (QED) is 0.550. The Morgan fingerprint density at radius 1 is 1.56 bits per heavy atom. The van der Waals surface area contributed by atoms with Gasteiger partial charge in [-0.15, -0.1) is 0 Å². The average molecular weight is 254 g/mol. The van der Waals surface area contributed by atoms with Crippen molar-refractivity contribution >= 4 is 5.91 Å². The maximum atomic E-state index is 11.7. The predicted octanol–water partition coefficient (Wildman–Crippen LogP) is -1.04. The molecule has 18 heavy (non-hydrogen) atoms. The zero-order valence-corrected chi connectivity index (χ0v) is 9.60. The van der Waals surface area contributed by atoms with Gasteiger partial charge in [0, 0.05) is 31.7 Å². The predicted molar refractivity (Wildman–Crippen MR) is 61.4 cm³/mol. The van der Waals surface area contributed by atoms with Crippen LogP contribution in [0.5, 0.6) is 5.88 Å². The van der Waals surface area contributed by atoms with Crippen molar-refractivity contribution in [2.45, 2.75) is 12.0 Å². The number of aromatic hydroxyl groups is 1. The minimum absolute atomic E-state index is 0.0405. The van der Waals surface area contributed by atoms with Gasteiger partial charge in [0.15, 0.2) is 5.88 Å². The second-order valence-corrected chi connectivity index (χ2v) is 4.33. The van der Waals surface area contributed by atoms with Gasteiger partial charge < -0.3 is 20.3 Å². The van der Waals surface area contributed by atoms with Crippen LogP contribution < -0.4 is 10.9 Å². The number of pyridine rings is 1. The van der Waals surface area contributed by atoms with Crippen LogP contribution in [0.1, 0.15) is 16.8 Å². The van der Waals surface area contributed by atoms with E-state index in [0.717, 1.165) is 12.1 Å². The van der Waals surface area contributed by atoms with Crippen molar-refractivity contribution < 1.29 is 19.7 Å². The number of hydrogen-bond acceptors (Lipinski definition) is 5. The van der Waals surface area contributed by atoms with Crippen LogP contribution in [0, 0.1) is 0 Å². The number of aliphatic hydroxyl groups is 1. The Balaban J connectivity index is 2.01. The molecule has 1 aromatic rings. The fourth-order valence-corrected chi connectivity index (χ4v) is 1.74. The summed E-state index contributed by atoms with van der Waals surface area (Å²) in [5.41, 5.74) is -1.58. The molecule has 7 nitrogen and oxygen atoms in total. The van der Waals surface area contributed by atoms with Gasteiger partial charge in [-0.3, -0.25) is 14.6 Å². The van der Waals surface area contributed by atoms with Gasteiger partial charge in [0.05, 0.1) is 12.2 Å². The molecule has 1 atom stereocenters. The fraction of sp³-hybridized carbons (Fsp3) is 0.455. The number of carbonyl (C=O) groups excluding carboxylic acids is 1. The number of aromatic nitrogens is 1. The Morgan fingerprint density at radius 3 is 2.94 bits per heavy atom. The Morgan fingerprint density at radius 2 is 2.33 bits per heavy atom. The Labute approximate surface area is 102 Å². The van der Waals surface area contributed by atoms with Crippen molar-refractivity contribution in [1.29, 1.82) is 0 Å². The van der Waals surface area contributed by atoms with Crippen LogP contribution in [0.25, 0.3) is 0 Å². The summed E-state index contributed by atoms with van der Waals surface area (Å²) in [7, 11) is 0. The first-order valence-corrected chi connectivity index (χ1v) is 5.50. The summed E-state index contributed by atoms with van der Waals surface area (Å²) < 4.78 is 5.04. The van der Waals surface area contributed by atoms with E-state index in [1.165, 1.54) is 0 Å². The topological polar surface area (TPSA) is 112 Å². The molecule has 1 unspecified atom stereocenters. The van der Waals surface area contributed by atoms with Gasteiger partial charge in [-0.2, -0.15) is 0 Å². The molecule has 0 spiro atoms. The third-order valence-corrected chi connectivity index (χ3v) is 2.75. The highest BCUT2D eigenvalue weighted by Crippen LogP contribution is 2.17. The summed E-state index contributed by atoms with van der Waals surface area (Å²) in [5.74, 6) is -0.910. The fourth-order valence-electron chi connectivity index (χ4n) is 1.74. The molecular weight excluding hydrogens is 240 g/mol. The van der Waals surface area contributed by atoms with Gasteiger partial charge in [0.1, 0.15) is 5.60 Å². The van der Waals surface area contributed by atoms with Gasteiger partial charge in [-0.25, -0.2) is 0 Å². The molecule has 4 N–H and O–H groups in total. The lowest BCUT2D eigenvalue weighted by molar-refractivity contribution is 0.0264.